The zero-order valence-corrected chi connectivity index (χ0v) is 19.2. The molecule has 4 N–H and O–H groups in total. The smallest absolute Gasteiger partial charge is 0.262 e. The number of H-pyrrole nitrogens is 1. The van der Waals surface area contributed by atoms with E-state index < -0.39 is 0 Å². The number of carbonyl (C=O) groups is 2. The molecule has 174 valence electrons. The summed E-state index contributed by atoms with van der Waals surface area (Å²) in [5.41, 5.74) is 6.17. The molecule has 0 saturated carbocycles. The van der Waals surface area contributed by atoms with Gasteiger partial charge >= 0.3 is 0 Å². The largest absolute Gasteiger partial charge is 0.497 e. The lowest BCUT2D eigenvalue weighted by Crippen LogP contribution is -2.44. The van der Waals surface area contributed by atoms with Gasteiger partial charge < -0.3 is 15.0 Å². The third-order valence-electron chi connectivity index (χ3n) is 5.06. The maximum Gasteiger partial charge on any atom is 0.262 e. The average Bonchev–Trinajstić information content (AvgIpc) is 2.83. The zero-order chi connectivity index (χ0) is 23.6. The molecule has 0 unspecified atom stereocenters. The van der Waals surface area contributed by atoms with Crippen LogP contribution in [-0.4, -0.2) is 35.0 Å². The second-order valence-electron chi connectivity index (χ2n) is 7.42. The highest BCUT2D eigenvalue weighted by Gasteiger charge is 2.07. The molecule has 0 spiro atoms. The summed E-state index contributed by atoms with van der Waals surface area (Å²) in [5.74, 6) is 0.0986. The molecule has 3 rings (SSSR count). The van der Waals surface area contributed by atoms with E-state index in [4.69, 9.17) is 17.0 Å². The van der Waals surface area contributed by atoms with Gasteiger partial charge in [-0.25, -0.2) is 0 Å². The first-order chi connectivity index (χ1) is 16.0. The van der Waals surface area contributed by atoms with Crippen LogP contribution < -0.4 is 26.5 Å². The zero-order valence-electron chi connectivity index (χ0n) is 18.3. The number of hydrazine groups is 1. The van der Waals surface area contributed by atoms with Gasteiger partial charge in [-0.3, -0.25) is 29.8 Å². The molecule has 1 heterocycles. The maximum absolute atomic E-state index is 12.6. The minimum absolute atomic E-state index is 0.0214. The SMILES string of the molecule is COc1ccc(NCC(=O)NNC(=O)CCCCCn2c(=S)[nH]c3ccccc3c2=O)cc1. The monoisotopic (exact) mass is 469 g/mol. The van der Waals surface area contributed by atoms with Gasteiger partial charge in [0.1, 0.15) is 5.75 Å². The Morgan fingerprint density at radius 2 is 1.73 bits per heavy atom. The van der Waals surface area contributed by atoms with Gasteiger partial charge in [0.25, 0.3) is 11.5 Å². The summed E-state index contributed by atoms with van der Waals surface area (Å²) in [4.78, 5) is 39.5. The summed E-state index contributed by atoms with van der Waals surface area (Å²) in [7, 11) is 1.58. The number of carbonyl (C=O) groups excluding carboxylic acids is 2. The van der Waals surface area contributed by atoms with Crippen molar-refractivity contribution in [2.75, 3.05) is 19.0 Å². The first-order valence-electron chi connectivity index (χ1n) is 10.7. The lowest BCUT2D eigenvalue weighted by molar-refractivity contribution is -0.128. The van der Waals surface area contributed by atoms with E-state index in [1.807, 2.05) is 18.2 Å². The highest BCUT2D eigenvalue weighted by atomic mass is 32.1. The van der Waals surface area contributed by atoms with Gasteiger partial charge in [-0.15, -0.1) is 0 Å². The molecule has 3 aromatic rings. The van der Waals surface area contributed by atoms with E-state index in [1.54, 1.807) is 42.0 Å². The fourth-order valence-corrected chi connectivity index (χ4v) is 3.56. The van der Waals surface area contributed by atoms with Crippen LogP contribution in [0, 0.1) is 4.77 Å². The second kappa shape index (κ2) is 11.8. The number of unbranched alkanes of at least 4 members (excludes halogenated alkanes) is 2. The second-order valence-corrected chi connectivity index (χ2v) is 7.81. The number of nitrogens with one attached hydrogen (secondary N) is 4. The predicted molar refractivity (Wildman–Crippen MR) is 130 cm³/mol. The Bertz CT molecular complexity index is 1220. The molecular weight excluding hydrogens is 442 g/mol. The summed E-state index contributed by atoms with van der Waals surface area (Å²) in [5, 5.41) is 3.56. The van der Waals surface area contributed by atoms with Crippen molar-refractivity contribution in [1.29, 1.82) is 0 Å². The van der Waals surface area contributed by atoms with Crippen LogP contribution in [0.25, 0.3) is 10.9 Å². The van der Waals surface area contributed by atoms with E-state index in [2.05, 4.69) is 21.2 Å². The summed E-state index contributed by atoms with van der Waals surface area (Å²) in [6.07, 6.45) is 2.35. The number of amides is 2. The van der Waals surface area contributed by atoms with Crippen molar-refractivity contribution in [3.63, 3.8) is 0 Å². The van der Waals surface area contributed by atoms with Crippen molar-refractivity contribution < 1.29 is 14.3 Å². The number of hydrogen-bond acceptors (Lipinski definition) is 6. The summed E-state index contributed by atoms with van der Waals surface area (Å²) in [6.45, 7) is 0.502. The van der Waals surface area contributed by atoms with Crippen molar-refractivity contribution >= 4 is 40.6 Å². The lowest BCUT2D eigenvalue weighted by atomic mass is 10.2. The van der Waals surface area contributed by atoms with Gasteiger partial charge in [0.2, 0.25) is 5.91 Å². The number of aromatic nitrogens is 2. The molecule has 10 heteroatoms. The Hall–Kier alpha value is -3.66. The highest BCUT2D eigenvalue weighted by Crippen LogP contribution is 2.14. The topological polar surface area (TPSA) is 117 Å². The number of methoxy groups -OCH3 is 1. The van der Waals surface area contributed by atoms with Gasteiger partial charge in [0.05, 0.1) is 24.6 Å². The Kier molecular flexibility index (Phi) is 8.59. The molecule has 0 aliphatic carbocycles. The van der Waals surface area contributed by atoms with Crippen molar-refractivity contribution in [3.05, 3.63) is 63.7 Å². The number of para-hydroxylation sites is 1. The van der Waals surface area contributed by atoms with Crippen molar-refractivity contribution in [2.24, 2.45) is 0 Å². The minimum Gasteiger partial charge on any atom is -0.497 e. The normalized spacial score (nSPS) is 10.6. The minimum atomic E-state index is -0.357. The molecule has 0 aliphatic rings. The molecule has 0 radical (unpaired) electrons. The van der Waals surface area contributed by atoms with Crippen molar-refractivity contribution in [1.82, 2.24) is 20.4 Å². The van der Waals surface area contributed by atoms with Gasteiger partial charge in [0, 0.05) is 18.7 Å². The van der Waals surface area contributed by atoms with Crippen molar-refractivity contribution in [3.8, 4) is 5.75 Å². The van der Waals surface area contributed by atoms with E-state index in [1.165, 1.54) is 0 Å². The number of fused-ring (bicyclic) bond motifs is 1. The Morgan fingerprint density at radius 3 is 2.48 bits per heavy atom. The third kappa shape index (κ3) is 6.91. The summed E-state index contributed by atoms with van der Waals surface area (Å²) in [6, 6.07) is 14.4. The first-order valence-corrected chi connectivity index (χ1v) is 11.1. The van der Waals surface area contributed by atoms with E-state index in [-0.39, 0.29) is 30.3 Å². The number of rotatable bonds is 10. The quantitative estimate of drug-likeness (QED) is 0.206. The summed E-state index contributed by atoms with van der Waals surface area (Å²) >= 11 is 5.30. The third-order valence-corrected chi connectivity index (χ3v) is 5.38. The van der Waals surface area contributed by atoms with E-state index in [0.29, 0.717) is 29.5 Å². The Morgan fingerprint density at radius 1 is 1.00 bits per heavy atom. The van der Waals surface area contributed by atoms with Crippen molar-refractivity contribution in [2.45, 2.75) is 32.2 Å². The molecule has 0 aliphatic heterocycles. The number of anilines is 1. The molecule has 0 fully saturated rings. The molecule has 0 atom stereocenters. The molecular formula is C23H27N5O4S. The Labute approximate surface area is 196 Å². The molecule has 33 heavy (non-hydrogen) atoms. The lowest BCUT2D eigenvalue weighted by Gasteiger charge is -2.10. The van der Waals surface area contributed by atoms with Crippen LogP contribution >= 0.6 is 12.2 Å². The van der Waals surface area contributed by atoms with Crippen LogP contribution in [-0.2, 0) is 16.1 Å². The number of aromatic amines is 1. The number of nitrogens with zero attached hydrogens (tertiary/aromatic N) is 1. The average molecular weight is 470 g/mol. The number of benzene rings is 2. The standard InChI is InChI=1S/C23H27N5O4S/c1-32-17-12-10-16(11-13-17)24-15-21(30)27-26-20(29)9-3-2-6-14-28-22(31)18-7-4-5-8-19(18)25-23(28)33/h4-5,7-8,10-13,24H,2-3,6,9,14-15H2,1H3,(H,25,33)(H,26,29)(H,27,30). The van der Waals surface area contributed by atoms with Crippen LogP contribution in [0.4, 0.5) is 5.69 Å². The number of hydrogen-bond donors (Lipinski definition) is 4. The van der Waals surface area contributed by atoms with Gasteiger partial charge in [-0.2, -0.15) is 0 Å². The van der Waals surface area contributed by atoms with Crippen LogP contribution in [0.15, 0.2) is 53.3 Å². The first kappa shape index (κ1) is 24.0. The Balaban J connectivity index is 1.33. The molecule has 2 amide bonds. The highest BCUT2D eigenvalue weighted by molar-refractivity contribution is 7.71. The van der Waals surface area contributed by atoms with Crippen LogP contribution in [0.5, 0.6) is 5.75 Å². The molecule has 2 aromatic carbocycles. The fraction of sp³-hybridized carbons (Fsp3) is 0.304. The van der Waals surface area contributed by atoms with Crippen LogP contribution in [0.3, 0.4) is 0 Å². The van der Waals surface area contributed by atoms with E-state index in [0.717, 1.165) is 23.4 Å². The van der Waals surface area contributed by atoms with E-state index in [9.17, 15) is 14.4 Å². The van der Waals surface area contributed by atoms with Gasteiger partial charge in [0.15, 0.2) is 4.77 Å². The number of ether oxygens (including phenoxy) is 1. The molecule has 0 saturated heterocycles. The van der Waals surface area contributed by atoms with E-state index >= 15 is 0 Å². The molecule has 0 bridgehead atoms. The summed E-state index contributed by atoms with van der Waals surface area (Å²) < 4.78 is 7.02. The van der Waals surface area contributed by atoms with Gasteiger partial charge in [-0.1, -0.05) is 18.6 Å². The maximum atomic E-state index is 12.6. The fourth-order valence-electron chi connectivity index (χ4n) is 3.27. The molecule has 1 aromatic heterocycles. The predicted octanol–water partition coefficient (Wildman–Crippen LogP) is 2.89. The van der Waals surface area contributed by atoms with Crippen LogP contribution in [0.1, 0.15) is 25.7 Å². The molecule has 9 nitrogen and oxygen atoms in total. The van der Waals surface area contributed by atoms with Gasteiger partial charge in [-0.05, 0) is 61.5 Å². The van der Waals surface area contributed by atoms with Crippen LogP contribution in [0.2, 0.25) is 0 Å².